The lowest BCUT2D eigenvalue weighted by Gasteiger charge is -2.45. The van der Waals surface area contributed by atoms with Crippen LogP contribution in [0.2, 0.25) is 0 Å². The molecule has 3 aromatic rings. The molecule has 3 unspecified atom stereocenters. The number of aliphatic carboxylic acids is 1. The summed E-state index contributed by atoms with van der Waals surface area (Å²) in [5, 5.41) is 24.2. The van der Waals surface area contributed by atoms with Gasteiger partial charge in [-0.3, -0.25) is 14.4 Å². The van der Waals surface area contributed by atoms with Crippen molar-refractivity contribution in [2.45, 2.75) is 69.2 Å². The SMILES string of the molecule is O=C(O)CCCC(=O)Nc1ccc(C2OC(CN3CCC4(CC3)C(=O)NCN4c3ccccc3)CC(c3ccc(CO)cc3)O2)cc1. The summed E-state index contributed by atoms with van der Waals surface area (Å²) < 4.78 is 13.1. The molecule has 0 aliphatic carbocycles. The Labute approximate surface area is 274 Å². The van der Waals surface area contributed by atoms with Crippen LogP contribution in [-0.4, -0.2) is 70.8 Å². The summed E-state index contributed by atoms with van der Waals surface area (Å²) in [6.45, 7) is 2.70. The number of para-hydroxylation sites is 1. The maximum Gasteiger partial charge on any atom is 0.303 e. The zero-order chi connectivity index (χ0) is 32.8. The number of nitrogens with zero attached hydrogens (tertiary/aromatic N) is 2. The Bertz CT molecular complexity index is 1530. The maximum atomic E-state index is 13.2. The number of aliphatic hydroxyl groups is 1. The zero-order valence-corrected chi connectivity index (χ0v) is 26.3. The average molecular weight is 643 g/mol. The molecule has 47 heavy (non-hydrogen) atoms. The van der Waals surface area contributed by atoms with Gasteiger partial charge in [-0.1, -0.05) is 54.6 Å². The second kappa shape index (κ2) is 14.6. The van der Waals surface area contributed by atoms with E-state index in [1.165, 1.54) is 0 Å². The van der Waals surface area contributed by atoms with Crippen molar-refractivity contribution in [3.63, 3.8) is 0 Å². The first-order chi connectivity index (χ1) is 22.8. The molecule has 3 aromatic carbocycles. The lowest BCUT2D eigenvalue weighted by molar-refractivity contribution is -0.253. The van der Waals surface area contributed by atoms with Crippen molar-refractivity contribution in [1.29, 1.82) is 0 Å². The smallest absolute Gasteiger partial charge is 0.303 e. The fraction of sp³-hybridized carbons (Fsp3) is 0.417. The van der Waals surface area contributed by atoms with Gasteiger partial charge in [-0.05, 0) is 54.7 Å². The zero-order valence-electron chi connectivity index (χ0n) is 26.3. The largest absolute Gasteiger partial charge is 0.481 e. The predicted molar refractivity (Wildman–Crippen MR) is 175 cm³/mol. The number of nitrogens with one attached hydrogen (secondary N) is 2. The van der Waals surface area contributed by atoms with Crippen molar-refractivity contribution in [2.24, 2.45) is 0 Å². The van der Waals surface area contributed by atoms with Gasteiger partial charge in [-0.15, -0.1) is 0 Å². The maximum absolute atomic E-state index is 13.2. The summed E-state index contributed by atoms with van der Waals surface area (Å²) in [5.41, 5.74) is 3.76. The van der Waals surface area contributed by atoms with E-state index in [1.54, 1.807) is 12.1 Å². The van der Waals surface area contributed by atoms with Crippen LogP contribution in [0.1, 0.15) is 67.6 Å². The molecule has 3 aliphatic rings. The van der Waals surface area contributed by atoms with Crippen molar-refractivity contribution in [3.8, 4) is 0 Å². The molecule has 1 spiro atoms. The first kappa shape index (κ1) is 32.6. The second-order valence-electron chi connectivity index (χ2n) is 12.5. The Hall–Kier alpha value is -4.29. The third kappa shape index (κ3) is 7.65. The quantitative estimate of drug-likeness (QED) is 0.240. The first-order valence-corrected chi connectivity index (χ1v) is 16.3. The highest BCUT2D eigenvalue weighted by molar-refractivity contribution is 5.93. The van der Waals surface area contributed by atoms with Crippen LogP contribution in [0.25, 0.3) is 0 Å². The van der Waals surface area contributed by atoms with Crippen LogP contribution in [0.5, 0.6) is 0 Å². The highest BCUT2D eigenvalue weighted by Gasteiger charge is 2.50. The van der Waals surface area contributed by atoms with Gasteiger partial charge in [-0.25, -0.2) is 0 Å². The number of carboxylic acids is 1. The van der Waals surface area contributed by atoms with Crippen LogP contribution in [0.4, 0.5) is 11.4 Å². The van der Waals surface area contributed by atoms with Crippen LogP contribution in [0, 0.1) is 0 Å². The number of carboxylic acid groups (broad SMARTS) is 1. The van der Waals surface area contributed by atoms with E-state index in [0.717, 1.165) is 48.3 Å². The van der Waals surface area contributed by atoms with Crippen LogP contribution >= 0.6 is 0 Å². The molecule has 11 heteroatoms. The van der Waals surface area contributed by atoms with Crippen molar-refractivity contribution < 1.29 is 34.1 Å². The van der Waals surface area contributed by atoms with Gasteiger partial charge in [0.1, 0.15) is 5.54 Å². The van der Waals surface area contributed by atoms with E-state index in [9.17, 15) is 19.5 Å². The van der Waals surface area contributed by atoms with Crippen LogP contribution < -0.4 is 15.5 Å². The molecule has 3 saturated heterocycles. The van der Waals surface area contributed by atoms with E-state index in [-0.39, 0.29) is 49.9 Å². The molecule has 3 atom stereocenters. The third-order valence-corrected chi connectivity index (χ3v) is 9.43. The minimum Gasteiger partial charge on any atom is -0.481 e. The molecule has 3 fully saturated rings. The van der Waals surface area contributed by atoms with Crippen molar-refractivity contribution in [1.82, 2.24) is 10.2 Å². The number of rotatable bonds is 11. The first-order valence-electron chi connectivity index (χ1n) is 16.3. The minimum absolute atomic E-state index is 0.0290. The molecule has 3 heterocycles. The molecule has 6 rings (SSSR count). The number of benzene rings is 3. The van der Waals surface area contributed by atoms with Crippen molar-refractivity contribution in [3.05, 3.63) is 95.6 Å². The molecule has 0 saturated carbocycles. The number of carbonyl (C=O) groups is 3. The number of ether oxygens (including phenoxy) is 2. The number of aliphatic hydroxyl groups excluding tert-OH is 1. The molecular weight excluding hydrogens is 600 g/mol. The lowest BCUT2D eigenvalue weighted by Crippen LogP contribution is -2.57. The Morgan fingerprint density at radius 2 is 1.62 bits per heavy atom. The molecule has 11 nitrogen and oxygen atoms in total. The second-order valence-corrected chi connectivity index (χ2v) is 12.5. The monoisotopic (exact) mass is 642 g/mol. The van der Waals surface area contributed by atoms with E-state index in [0.29, 0.717) is 25.3 Å². The number of hydrogen-bond acceptors (Lipinski definition) is 8. The van der Waals surface area contributed by atoms with Gasteiger partial charge in [0.2, 0.25) is 11.8 Å². The normalized spacial score (nSPS) is 22.6. The van der Waals surface area contributed by atoms with E-state index in [2.05, 4.69) is 32.6 Å². The molecule has 0 aromatic heterocycles. The summed E-state index contributed by atoms with van der Waals surface area (Å²) in [6, 6.07) is 25.2. The Morgan fingerprint density at radius 1 is 0.915 bits per heavy atom. The number of likely N-dealkylation sites (tertiary alicyclic amines) is 1. The summed E-state index contributed by atoms with van der Waals surface area (Å²) >= 11 is 0. The molecule has 0 radical (unpaired) electrons. The third-order valence-electron chi connectivity index (χ3n) is 9.43. The Balaban J connectivity index is 1.13. The Morgan fingerprint density at radius 3 is 2.30 bits per heavy atom. The number of amides is 2. The topological polar surface area (TPSA) is 141 Å². The molecule has 2 amide bonds. The van der Waals surface area contributed by atoms with Crippen molar-refractivity contribution in [2.75, 3.05) is 36.5 Å². The average Bonchev–Trinajstić information content (AvgIpc) is 3.40. The highest BCUT2D eigenvalue weighted by Crippen LogP contribution is 2.40. The number of hydrogen-bond donors (Lipinski definition) is 4. The summed E-state index contributed by atoms with van der Waals surface area (Å²) in [4.78, 5) is 40.7. The molecule has 248 valence electrons. The van der Waals surface area contributed by atoms with Gasteiger partial charge in [0, 0.05) is 55.8 Å². The minimum atomic E-state index is -0.921. The highest BCUT2D eigenvalue weighted by atomic mass is 16.7. The van der Waals surface area contributed by atoms with E-state index in [1.807, 2.05) is 54.6 Å². The van der Waals surface area contributed by atoms with Crippen LogP contribution in [-0.2, 0) is 30.5 Å². The number of carbonyl (C=O) groups excluding carboxylic acids is 2. The van der Waals surface area contributed by atoms with Gasteiger partial charge in [0.25, 0.3) is 0 Å². The van der Waals surface area contributed by atoms with E-state index >= 15 is 0 Å². The standard InChI is InChI=1S/C36H42N4O7/c41-23-25-9-11-26(12-10-25)31-21-30(46-34(47-31)27-13-15-28(16-14-27)38-32(42)7-4-8-33(43)44)22-39-19-17-36(18-20-39)35(45)37-24-40(36)29-5-2-1-3-6-29/h1-3,5-6,9-16,30-31,34,41H,4,7-8,17-24H2,(H,37,45)(H,38,42)(H,43,44). The summed E-state index contributed by atoms with van der Waals surface area (Å²) in [6.07, 6.45) is 1.45. The Kier molecular flexibility index (Phi) is 10.2. The molecule has 0 bridgehead atoms. The molecule has 3 aliphatic heterocycles. The predicted octanol–water partition coefficient (Wildman–Crippen LogP) is 4.35. The van der Waals surface area contributed by atoms with E-state index < -0.39 is 17.8 Å². The number of piperidine rings is 1. The number of anilines is 2. The fourth-order valence-electron chi connectivity index (χ4n) is 6.81. The summed E-state index contributed by atoms with van der Waals surface area (Å²) in [5.74, 6) is -1.06. The van der Waals surface area contributed by atoms with Gasteiger partial charge < -0.3 is 40.1 Å². The van der Waals surface area contributed by atoms with Crippen molar-refractivity contribution >= 4 is 29.2 Å². The van der Waals surface area contributed by atoms with Gasteiger partial charge in [0.15, 0.2) is 6.29 Å². The van der Waals surface area contributed by atoms with Crippen LogP contribution in [0.15, 0.2) is 78.9 Å². The van der Waals surface area contributed by atoms with Crippen LogP contribution in [0.3, 0.4) is 0 Å². The summed E-state index contributed by atoms with van der Waals surface area (Å²) in [7, 11) is 0. The lowest BCUT2D eigenvalue weighted by atomic mass is 9.85. The van der Waals surface area contributed by atoms with Gasteiger partial charge >= 0.3 is 5.97 Å². The molecular formula is C36H42N4O7. The van der Waals surface area contributed by atoms with Gasteiger partial charge in [0.05, 0.1) is 25.5 Å². The van der Waals surface area contributed by atoms with E-state index in [4.69, 9.17) is 14.6 Å². The molecule has 4 N–H and O–H groups in total. The van der Waals surface area contributed by atoms with Gasteiger partial charge in [-0.2, -0.15) is 0 Å². The fourth-order valence-corrected chi connectivity index (χ4v) is 6.81.